The van der Waals surface area contributed by atoms with Crippen molar-refractivity contribution in [2.45, 2.75) is 71.9 Å². The fourth-order valence-corrected chi connectivity index (χ4v) is 2.63. The number of nitrogens with one attached hydrogen (secondary N) is 1. The van der Waals surface area contributed by atoms with Gasteiger partial charge < -0.3 is 10.1 Å². The summed E-state index contributed by atoms with van der Waals surface area (Å²) in [4.78, 5) is 0. The molecule has 3 unspecified atom stereocenters. The van der Waals surface area contributed by atoms with Crippen LogP contribution in [0.5, 0.6) is 0 Å². The van der Waals surface area contributed by atoms with E-state index in [9.17, 15) is 0 Å². The van der Waals surface area contributed by atoms with Gasteiger partial charge in [-0.05, 0) is 38.0 Å². The Morgan fingerprint density at radius 1 is 1.18 bits per heavy atom. The first-order valence-electron chi connectivity index (χ1n) is 7.47. The minimum absolute atomic E-state index is 0.522. The number of hydrogen-bond acceptors (Lipinski definition) is 2. The van der Waals surface area contributed by atoms with Crippen LogP contribution in [-0.2, 0) is 4.74 Å². The maximum atomic E-state index is 5.59. The Balaban J connectivity index is 2.37. The van der Waals surface area contributed by atoms with E-state index in [1.165, 1.54) is 32.1 Å². The van der Waals surface area contributed by atoms with E-state index in [0.29, 0.717) is 18.0 Å². The van der Waals surface area contributed by atoms with Crippen molar-refractivity contribution in [3.05, 3.63) is 0 Å². The normalized spacial score (nSPS) is 28.1. The zero-order valence-electron chi connectivity index (χ0n) is 12.2. The third-order valence-corrected chi connectivity index (χ3v) is 4.01. The molecule has 0 aromatic carbocycles. The molecule has 1 saturated carbocycles. The minimum atomic E-state index is 0.522. The summed E-state index contributed by atoms with van der Waals surface area (Å²) in [7, 11) is 0. The van der Waals surface area contributed by atoms with E-state index in [-0.39, 0.29) is 0 Å². The summed E-state index contributed by atoms with van der Waals surface area (Å²) in [5.41, 5.74) is 0. The topological polar surface area (TPSA) is 21.3 Å². The van der Waals surface area contributed by atoms with E-state index >= 15 is 0 Å². The van der Waals surface area contributed by atoms with Gasteiger partial charge in [0.15, 0.2) is 0 Å². The number of hydrogen-bond donors (Lipinski definition) is 1. The van der Waals surface area contributed by atoms with Gasteiger partial charge in [-0.2, -0.15) is 0 Å². The predicted molar refractivity (Wildman–Crippen MR) is 74.3 cm³/mol. The lowest BCUT2D eigenvalue weighted by molar-refractivity contribution is 0.102. The molecule has 3 atom stereocenters. The Hall–Kier alpha value is -0.0800. The summed E-state index contributed by atoms with van der Waals surface area (Å²) >= 11 is 0. The van der Waals surface area contributed by atoms with Crippen molar-refractivity contribution < 1.29 is 4.74 Å². The SMILES string of the molecule is CCOCC(NC1CCCC(C)CC1)C(C)C. The summed E-state index contributed by atoms with van der Waals surface area (Å²) < 4.78 is 5.59. The smallest absolute Gasteiger partial charge is 0.0622 e. The largest absolute Gasteiger partial charge is 0.380 e. The van der Waals surface area contributed by atoms with Gasteiger partial charge in [0.2, 0.25) is 0 Å². The zero-order chi connectivity index (χ0) is 12.7. The Morgan fingerprint density at radius 3 is 2.59 bits per heavy atom. The maximum Gasteiger partial charge on any atom is 0.0622 e. The standard InChI is InChI=1S/C15H31NO/c1-5-17-11-15(12(2)3)16-14-8-6-7-13(4)9-10-14/h12-16H,5-11H2,1-4H3. The van der Waals surface area contributed by atoms with Crippen LogP contribution in [-0.4, -0.2) is 25.3 Å². The lowest BCUT2D eigenvalue weighted by Crippen LogP contribution is -2.44. The first-order chi connectivity index (χ1) is 8.13. The highest BCUT2D eigenvalue weighted by atomic mass is 16.5. The van der Waals surface area contributed by atoms with Crippen LogP contribution in [0.4, 0.5) is 0 Å². The maximum absolute atomic E-state index is 5.59. The second kappa shape index (κ2) is 8.10. The van der Waals surface area contributed by atoms with Gasteiger partial charge in [0, 0.05) is 18.7 Å². The molecule has 0 heterocycles. The Kier molecular flexibility index (Phi) is 7.14. The van der Waals surface area contributed by atoms with E-state index in [4.69, 9.17) is 4.74 Å². The van der Waals surface area contributed by atoms with Gasteiger partial charge in [0.05, 0.1) is 6.61 Å². The quantitative estimate of drug-likeness (QED) is 0.717. The predicted octanol–water partition coefficient (Wildman–Crippen LogP) is 3.61. The van der Waals surface area contributed by atoms with Crippen molar-refractivity contribution in [1.82, 2.24) is 5.32 Å². The van der Waals surface area contributed by atoms with E-state index in [1.54, 1.807) is 0 Å². The molecule has 0 saturated heterocycles. The molecule has 0 radical (unpaired) electrons. The Morgan fingerprint density at radius 2 is 1.94 bits per heavy atom. The number of ether oxygens (including phenoxy) is 1. The molecule has 1 aliphatic rings. The van der Waals surface area contributed by atoms with Crippen molar-refractivity contribution >= 4 is 0 Å². The van der Waals surface area contributed by atoms with Crippen LogP contribution in [0, 0.1) is 11.8 Å². The van der Waals surface area contributed by atoms with E-state index in [1.807, 2.05) is 0 Å². The second-order valence-corrected chi connectivity index (χ2v) is 5.99. The van der Waals surface area contributed by atoms with Gasteiger partial charge in [-0.15, -0.1) is 0 Å². The molecule has 0 aromatic heterocycles. The monoisotopic (exact) mass is 241 g/mol. The molecular formula is C15H31NO. The first-order valence-corrected chi connectivity index (χ1v) is 7.47. The molecule has 0 spiro atoms. The molecule has 0 aliphatic heterocycles. The first kappa shape index (κ1) is 15.0. The van der Waals surface area contributed by atoms with Gasteiger partial charge in [0.25, 0.3) is 0 Å². The summed E-state index contributed by atoms with van der Waals surface area (Å²) in [6, 6.07) is 1.24. The van der Waals surface area contributed by atoms with Gasteiger partial charge in [-0.3, -0.25) is 0 Å². The Bertz CT molecular complexity index is 193. The molecule has 1 N–H and O–H groups in total. The van der Waals surface area contributed by atoms with Crippen LogP contribution in [0.3, 0.4) is 0 Å². The van der Waals surface area contributed by atoms with Crippen molar-refractivity contribution in [1.29, 1.82) is 0 Å². The molecule has 0 amide bonds. The van der Waals surface area contributed by atoms with Gasteiger partial charge in [-0.1, -0.05) is 33.6 Å². The molecule has 1 fully saturated rings. The molecule has 102 valence electrons. The fraction of sp³-hybridized carbons (Fsp3) is 1.00. The molecule has 1 aliphatic carbocycles. The van der Waals surface area contributed by atoms with Crippen LogP contribution in [0.25, 0.3) is 0 Å². The third-order valence-electron chi connectivity index (χ3n) is 4.01. The zero-order valence-corrected chi connectivity index (χ0v) is 12.2. The van der Waals surface area contributed by atoms with E-state index < -0.39 is 0 Å². The fourth-order valence-electron chi connectivity index (χ4n) is 2.63. The molecule has 0 aromatic rings. The summed E-state index contributed by atoms with van der Waals surface area (Å²) in [6.07, 6.45) is 6.88. The Labute approximate surface area is 108 Å². The highest BCUT2D eigenvalue weighted by molar-refractivity contribution is 4.79. The van der Waals surface area contributed by atoms with Crippen LogP contribution in [0.15, 0.2) is 0 Å². The van der Waals surface area contributed by atoms with Crippen LogP contribution in [0.1, 0.15) is 59.8 Å². The summed E-state index contributed by atoms with van der Waals surface area (Å²) in [5, 5.41) is 3.83. The third kappa shape index (κ3) is 5.87. The molecule has 2 heteroatoms. The lowest BCUT2D eigenvalue weighted by atomic mass is 10.0. The van der Waals surface area contributed by atoms with Crippen molar-refractivity contribution in [2.24, 2.45) is 11.8 Å². The summed E-state index contributed by atoms with van der Waals surface area (Å²) in [5.74, 6) is 1.58. The highest BCUT2D eigenvalue weighted by Gasteiger charge is 2.21. The van der Waals surface area contributed by atoms with Gasteiger partial charge in [-0.25, -0.2) is 0 Å². The second-order valence-electron chi connectivity index (χ2n) is 5.99. The lowest BCUT2D eigenvalue weighted by Gasteiger charge is -2.27. The molecular weight excluding hydrogens is 210 g/mol. The highest BCUT2D eigenvalue weighted by Crippen LogP contribution is 2.23. The molecule has 2 nitrogen and oxygen atoms in total. The number of rotatable bonds is 6. The minimum Gasteiger partial charge on any atom is -0.380 e. The van der Waals surface area contributed by atoms with Gasteiger partial charge in [0.1, 0.15) is 0 Å². The molecule has 0 bridgehead atoms. The average molecular weight is 241 g/mol. The van der Waals surface area contributed by atoms with Crippen molar-refractivity contribution in [3.63, 3.8) is 0 Å². The average Bonchev–Trinajstić information content (AvgIpc) is 2.49. The van der Waals surface area contributed by atoms with Crippen LogP contribution >= 0.6 is 0 Å². The van der Waals surface area contributed by atoms with Crippen LogP contribution < -0.4 is 5.32 Å². The van der Waals surface area contributed by atoms with E-state index in [2.05, 4.69) is 33.0 Å². The van der Waals surface area contributed by atoms with Crippen LogP contribution in [0.2, 0.25) is 0 Å². The molecule has 17 heavy (non-hydrogen) atoms. The van der Waals surface area contributed by atoms with Crippen molar-refractivity contribution in [3.8, 4) is 0 Å². The van der Waals surface area contributed by atoms with E-state index in [0.717, 1.165) is 19.1 Å². The van der Waals surface area contributed by atoms with Crippen molar-refractivity contribution in [2.75, 3.05) is 13.2 Å². The summed E-state index contributed by atoms with van der Waals surface area (Å²) in [6.45, 7) is 10.7. The van der Waals surface area contributed by atoms with Gasteiger partial charge >= 0.3 is 0 Å². The molecule has 1 rings (SSSR count).